The van der Waals surface area contributed by atoms with Crippen molar-refractivity contribution < 1.29 is 4.74 Å². The van der Waals surface area contributed by atoms with E-state index in [0.29, 0.717) is 0 Å². The van der Waals surface area contributed by atoms with Gasteiger partial charge in [0.15, 0.2) is 0 Å². The molecule has 0 spiro atoms. The van der Waals surface area contributed by atoms with Gasteiger partial charge in [0.25, 0.3) is 0 Å². The second-order valence-electron chi connectivity index (χ2n) is 4.99. The second kappa shape index (κ2) is 8.04. The molecule has 0 aliphatic carbocycles. The van der Waals surface area contributed by atoms with Crippen LogP contribution in [0.3, 0.4) is 0 Å². The molecule has 1 heterocycles. The molecule has 1 aliphatic heterocycles. The zero-order chi connectivity index (χ0) is 11.8. The van der Waals surface area contributed by atoms with Gasteiger partial charge in [-0.15, -0.1) is 0 Å². The number of nitrogens with one attached hydrogen (secondary N) is 1. The van der Waals surface area contributed by atoms with E-state index in [4.69, 9.17) is 4.74 Å². The fourth-order valence-corrected chi connectivity index (χ4v) is 2.43. The van der Waals surface area contributed by atoms with Crippen LogP contribution in [0.15, 0.2) is 0 Å². The minimum Gasteiger partial charge on any atom is -0.385 e. The molecule has 0 amide bonds. The number of ether oxygens (including phenoxy) is 1. The molecule has 2 atom stereocenters. The molecule has 16 heavy (non-hydrogen) atoms. The molecule has 3 heteroatoms. The number of likely N-dealkylation sites (tertiary alicyclic amines) is 1. The van der Waals surface area contributed by atoms with E-state index in [1.165, 1.54) is 25.9 Å². The van der Waals surface area contributed by atoms with Crippen molar-refractivity contribution in [2.24, 2.45) is 5.92 Å². The normalized spacial score (nSPS) is 27.2. The molecule has 1 N–H and O–H groups in total. The smallest absolute Gasteiger partial charge is 0.0474 e. The number of hydrogen-bond donors (Lipinski definition) is 1. The van der Waals surface area contributed by atoms with Gasteiger partial charge in [-0.05, 0) is 45.2 Å². The Kier molecular flexibility index (Phi) is 7.01. The summed E-state index contributed by atoms with van der Waals surface area (Å²) in [6, 6.07) is 0.759. The van der Waals surface area contributed by atoms with Crippen LogP contribution in [0.5, 0.6) is 0 Å². The summed E-state index contributed by atoms with van der Waals surface area (Å²) in [6.07, 6.45) is 3.89. The summed E-state index contributed by atoms with van der Waals surface area (Å²) >= 11 is 0. The van der Waals surface area contributed by atoms with E-state index in [1.54, 1.807) is 7.11 Å². The Morgan fingerprint density at radius 2 is 2.12 bits per heavy atom. The Bertz CT molecular complexity index is 175. The predicted molar refractivity (Wildman–Crippen MR) is 68.8 cm³/mol. The molecule has 0 saturated carbocycles. The van der Waals surface area contributed by atoms with Crippen molar-refractivity contribution in [1.29, 1.82) is 0 Å². The fourth-order valence-electron chi connectivity index (χ4n) is 2.43. The van der Waals surface area contributed by atoms with Crippen LogP contribution in [-0.4, -0.2) is 50.8 Å². The molecule has 0 bridgehead atoms. The number of rotatable bonds is 7. The molecular formula is C13H28N2O. The third-order valence-corrected chi connectivity index (χ3v) is 3.78. The van der Waals surface area contributed by atoms with Crippen molar-refractivity contribution in [2.75, 3.05) is 39.9 Å². The molecule has 96 valence electrons. The van der Waals surface area contributed by atoms with Crippen LogP contribution in [0.1, 0.15) is 33.1 Å². The van der Waals surface area contributed by atoms with Crippen LogP contribution in [-0.2, 0) is 4.74 Å². The minimum atomic E-state index is 0.759. The minimum absolute atomic E-state index is 0.759. The lowest BCUT2D eigenvalue weighted by molar-refractivity contribution is 0.114. The molecule has 3 nitrogen and oxygen atoms in total. The fraction of sp³-hybridized carbons (Fsp3) is 1.00. The van der Waals surface area contributed by atoms with Gasteiger partial charge in [-0.2, -0.15) is 0 Å². The Labute approximate surface area is 101 Å². The first-order chi connectivity index (χ1) is 7.75. The molecule has 0 radical (unpaired) electrons. The third kappa shape index (κ3) is 4.81. The maximum atomic E-state index is 5.02. The van der Waals surface area contributed by atoms with Gasteiger partial charge in [-0.3, -0.25) is 4.90 Å². The first-order valence-corrected chi connectivity index (χ1v) is 6.69. The van der Waals surface area contributed by atoms with Gasteiger partial charge in [-0.1, -0.05) is 6.92 Å². The average Bonchev–Trinajstić information content (AvgIpc) is 2.29. The average molecular weight is 228 g/mol. The summed E-state index contributed by atoms with van der Waals surface area (Å²) in [5.74, 6) is 0.863. The zero-order valence-electron chi connectivity index (χ0n) is 11.2. The van der Waals surface area contributed by atoms with Crippen molar-refractivity contribution in [3.63, 3.8) is 0 Å². The molecule has 1 rings (SSSR count). The van der Waals surface area contributed by atoms with Crippen LogP contribution in [0.25, 0.3) is 0 Å². The molecule has 1 fully saturated rings. The lowest BCUT2D eigenvalue weighted by Gasteiger charge is -2.37. The molecule has 0 aromatic carbocycles. The van der Waals surface area contributed by atoms with Gasteiger partial charge in [0.05, 0.1) is 0 Å². The highest BCUT2D eigenvalue weighted by Gasteiger charge is 2.23. The molecule has 1 saturated heterocycles. The van der Waals surface area contributed by atoms with Gasteiger partial charge < -0.3 is 10.1 Å². The first kappa shape index (κ1) is 13.9. The monoisotopic (exact) mass is 228 g/mol. The highest BCUT2D eigenvalue weighted by atomic mass is 16.5. The molecule has 0 aromatic rings. The van der Waals surface area contributed by atoms with Gasteiger partial charge >= 0.3 is 0 Å². The van der Waals surface area contributed by atoms with Gasteiger partial charge in [0.2, 0.25) is 0 Å². The van der Waals surface area contributed by atoms with Gasteiger partial charge in [0.1, 0.15) is 0 Å². The van der Waals surface area contributed by atoms with Crippen molar-refractivity contribution in [1.82, 2.24) is 10.2 Å². The van der Waals surface area contributed by atoms with Crippen molar-refractivity contribution >= 4 is 0 Å². The van der Waals surface area contributed by atoms with E-state index in [9.17, 15) is 0 Å². The van der Waals surface area contributed by atoms with Crippen LogP contribution in [0.4, 0.5) is 0 Å². The highest BCUT2D eigenvalue weighted by molar-refractivity contribution is 4.78. The van der Waals surface area contributed by atoms with E-state index in [1.807, 2.05) is 0 Å². The number of hydrogen-bond acceptors (Lipinski definition) is 3. The molecule has 0 aromatic heterocycles. The van der Waals surface area contributed by atoms with Crippen molar-refractivity contribution in [2.45, 2.75) is 39.2 Å². The van der Waals surface area contributed by atoms with E-state index in [0.717, 1.165) is 38.1 Å². The Balaban J connectivity index is 2.03. The van der Waals surface area contributed by atoms with Crippen LogP contribution in [0, 0.1) is 5.92 Å². The third-order valence-electron chi connectivity index (χ3n) is 3.78. The topological polar surface area (TPSA) is 24.5 Å². The van der Waals surface area contributed by atoms with E-state index >= 15 is 0 Å². The van der Waals surface area contributed by atoms with Crippen molar-refractivity contribution in [3.8, 4) is 0 Å². The maximum Gasteiger partial charge on any atom is 0.0474 e. The summed E-state index contributed by atoms with van der Waals surface area (Å²) in [7, 11) is 1.76. The van der Waals surface area contributed by atoms with E-state index in [-0.39, 0.29) is 0 Å². The number of methoxy groups -OCH3 is 1. The Morgan fingerprint density at radius 1 is 1.31 bits per heavy atom. The van der Waals surface area contributed by atoms with Crippen LogP contribution < -0.4 is 5.32 Å². The maximum absolute atomic E-state index is 5.02. The number of nitrogens with zero attached hydrogens (tertiary/aromatic N) is 1. The van der Waals surface area contributed by atoms with E-state index < -0.39 is 0 Å². The molecule has 1 aliphatic rings. The lowest BCUT2D eigenvalue weighted by atomic mass is 9.92. The summed E-state index contributed by atoms with van der Waals surface area (Å²) < 4.78 is 5.02. The quantitative estimate of drug-likeness (QED) is 0.672. The first-order valence-electron chi connectivity index (χ1n) is 6.69. The Hall–Kier alpha value is -0.120. The van der Waals surface area contributed by atoms with Gasteiger partial charge in [-0.25, -0.2) is 0 Å². The van der Waals surface area contributed by atoms with Crippen LogP contribution in [0.2, 0.25) is 0 Å². The highest BCUT2D eigenvalue weighted by Crippen LogP contribution is 2.21. The van der Waals surface area contributed by atoms with Gasteiger partial charge in [0, 0.05) is 32.8 Å². The standard InChI is InChI=1S/C13H28N2O/c1-12-6-4-9-15(13(12)2)10-8-14-7-5-11-16-3/h12-14H,4-11H2,1-3H3. The predicted octanol–water partition coefficient (Wildman–Crippen LogP) is 1.73. The zero-order valence-corrected chi connectivity index (χ0v) is 11.2. The molecular weight excluding hydrogens is 200 g/mol. The van der Waals surface area contributed by atoms with Crippen molar-refractivity contribution in [3.05, 3.63) is 0 Å². The number of piperidine rings is 1. The summed E-state index contributed by atoms with van der Waals surface area (Å²) in [5.41, 5.74) is 0. The largest absolute Gasteiger partial charge is 0.385 e. The summed E-state index contributed by atoms with van der Waals surface area (Å²) in [4.78, 5) is 2.62. The van der Waals surface area contributed by atoms with Crippen LogP contribution >= 0.6 is 0 Å². The van der Waals surface area contributed by atoms with E-state index in [2.05, 4.69) is 24.1 Å². The summed E-state index contributed by atoms with van der Waals surface area (Å²) in [6.45, 7) is 10.3. The summed E-state index contributed by atoms with van der Waals surface area (Å²) in [5, 5.41) is 3.48. The Morgan fingerprint density at radius 3 is 2.88 bits per heavy atom. The second-order valence-corrected chi connectivity index (χ2v) is 4.99. The lowest BCUT2D eigenvalue weighted by Crippen LogP contribution is -2.45. The molecule has 2 unspecified atom stereocenters. The SMILES string of the molecule is COCCCNCCN1CCCC(C)C1C.